The van der Waals surface area contributed by atoms with Gasteiger partial charge in [0.1, 0.15) is 0 Å². The van der Waals surface area contributed by atoms with Crippen LogP contribution in [0.25, 0.3) is 0 Å². The molecule has 0 aromatic heterocycles. The van der Waals surface area contributed by atoms with Gasteiger partial charge in [-0.1, -0.05) is 0 Å². The van der Waals surface area contributed by atoms with Crippen LogP contribution in [-0.2, 0) is 60.1 Å². The van der Waals surface area contributed by atoms with Gasteiger partial charge in [-0.15, -0.1) is 0 Å². The molecular weight excluding hydrogens is 308 g/mol. The van der Waals surface area contributed by atoms with Crippen molar-refractivity contribution in [3.8, 4) is 0 Å². The van der Waals surface area contributed by atoms with Gasteiger partial charge in [0.05, 0.1) is 0 Å². The Morgan fingerprint density at radius 3 is 0.571 bits per heavy atom. The number of hydrogen-bond donors (Lipinski definition) is 0. The van der Waals surface area contributed by atoms with Crippen LogP contribution < -0.4 is 0 Å². The Kier molecular flexibility index (Phi) is 1090. The van der Waals surface area contributed by atoms with Crippen LogP contribution in [0.15, 0.2) is 0 Å². The quantitative estimate of drug-likeness (QED) is 0.518. The molecule has 0 unspecified atom stereocenters. The van der Waals surface area contributed by atoms with E-state index in [-0.39, 0.29) is 109 Å². The summed E-state index contributed by atoms with van der Waals surface area (Å²) in [6.07, 6.45) is 0. The molecule has 0 fully saturated rings. The summed E-state index contributed by atoms with van der Waals surface area (Å²) in [5.74, 6) is 0. The van der Waals surface area contributed by atoms with Crippen molar-refractivity contribution in [2.24, 2.45) is 0 Å². The van der Waals surface area contributed by atoms with Crippen molar-refractivity contribution in [2.75, 3.05) is 0 Å². The van der Waals surface area contributed by atoms with Crippen molar-refractivity contribution < 1.29 is 60.1 Å². The van der Waals surface area contributed by atoms with E-state index in [1.807, 2.05) is 0 Å². The Bertz CT molecular complexity index is 11.7. The molecule has 0 aliphatic carbocycles. The zero-order valence-electron chi connectivity index (χ0n) is 3.16. The summed E-state index contributed by atoms with van der Waals surface area (Å²) in [4.78, 5) is 0. The van der Waals surface area contributed by atoms with Gasteiger partial charge in [-0.2, -0.15) is 0 Å². The van der Waals surface area contributed by atoms with Crippen LogP contribution in [-0.4, -0.2) is 48.9 Å². The van der Waals surface area contributed by atoms with Gasteiger partial charge in [0.25, 0.3) is 0 Å². The second kappa shape index (κ2) is 72.9. The third-order valence-corrected chi connectivity index (χ3v) is 0. The van der Waals surface area contributed by atoms with E-state index in [4.69, 9.17) is 0 Å². The van der Waals surface area contributed by atoms with Gasteiger partial charge in [-0.25, -0.2) is 0 Å². The van der Waals surface area contributed by atoms with Crippen LogP contribution >= 0.6 is 0 Å². The first kappa shape index (κ1) is 104. The summed E-state index contributed by atoms with van der Waals surface area (Å²) in [7, 11) is 0. The predicted molar refractivity (Wildman–Crippen MR) is 8.50 cm³/mol. The first-order valence-corrected chi connectivity index (χ1v) is 0. The van der Waals surface area contributed by atoms with E-state index >= 15 is 0 Å². The Morgan fingerprint density at radius 2 is 0.571 bits per heavy atom. The zero-order valence-corrected chi connectivity index (χ0v) is 10.1. The molecule has 0 saturated heterocycles. The molecule has 0 aromatic carbocycles. The van der Waals surface area contributed by atoms with Crippen LogP contribution in [0.4, 0.5) is 0 Å². The third-order valence-electron chi connectivity index (χ3n) is 0. The molecule has 40 valence electrons. The van der Waals surface area contributed by atoms with Crippen LogP contribution in [0.1, 0.15) is 0 Å². The summed E-state index contributed by atoms with van der Waals surface area (Å²) >= 11 is 0. The maximum Gasteiger partial charge on any atom is 4.00 e. The van der Waals surface area contributed by atoms with E-state index in [0.717, 1.165) is 0 Å². The second-order valence-corrected chi connectivity index (χ2v) is 0. The average molecular weight is 308 g/mol. The molecule has 7 heavy (non-hydrogen) atoms. The summed E-state index contributed by atoms with van der Waals surface area (Å²) in [5, 5.41) is 0. The van der Waals surface area contributed by atoms with E-state index in [2.05, 4.69) is 0 Å². The smallest absolute Gasteiger partial charge is 2.00 e. The molecule has 4 nitrogen and oxygen atoms in total. The van der Waals surface area contributed by atoms with Crippen molar-refractivity contribution in [2.45, 2.75) is 0 Å². The molecule has 0 saturated carbocycles. The van der Waals surface area contributed by atoms with Crippen molar-refractivity contribution in [1.29, 1.82) is 0 Å². The van der Waals surface area contributed by atoms with Crippen molar-refractivity contribution in [3.63, 3.8) is 0 Å². The van der Waals surface area contributed by atoms with E-state index in [1.165, 1.54) is 0 Å². The molecule has 0 heterocycles. The zero-order chi connectivity index (χ0) is 0. The van der Waals surface area contributed by atoms with Gasteiger partial charge in [0.2, 0.25) is 0 Å². The minimum absolute atomic E-state index is 0. The Hall–Kier alpha value is 2.62. The van der Waals surface area contributed by atoms with Crippen LogP contribution in [0.3, 0.4) is 0 Å². The molecule has 7 heteroatoms. The van der Waals surface area contributed by atoms with Crippen molar-refractivity contribution >= 4 is 48.9 Å². The first-order valence-electron chi connectivity index (χ1n) is 0. The number of rotatable bonds is 0. The first-order chi connectivity index (χ1) is 0. The minimum atomic E-state index is 0. The summed E-state index contributed by atoms with van der Waals surface area (Å²) < 4.78 is 0. The van der Waals surface area contributed by atoms with E-state index in [1.54, 1.807) is 0 Å². The Balaban J connectivity index is 0. The average Bonchev–Trinajstić information content (AvgIpc) is 0. The molecule has 0 rings (SSSR count). The van der Waals surface area contributed by atoms with Crippen molar-refractivity contribution in [3.05, 3.63) is 0 Å². The Labute approximate surface area is 107 Å². The van der Waals surface area contributed by atoms with Crippen LogP contribution in [0.2, 0.25) is 0 Å². The third kappa shape index (κ3) is 55.0. The number of hydrogen-bond acceptors (Lipinski definition) is 0. The van der Waals surface area contributed by atoms with Gasteiger partial charge in [-0.05, 0) is 0 Å². The van der Waals surface area contributed by atoms with E-state index in [9.17, 15) is 0 Å². The van der Waals surface area contributed by atoms with Crippen molar-refractivity contribution in [1.82, 2.24) is 0 Å². The fourth-order valence-corrected chi connectivity index (χ4v) is 0. The fourth-order valence-electron chi connectivity index (χ4n) is 0. The van der Waals surface area contributed by atoms with E-state index < -0.39 is 0 Å². The largest absolute Gasteiger partial charge is 4.00 e. The van der Waals surface area contributed by atoms with Crippen LogP contribution in [0.5, 0.6) is 0 Å². The van der Waals surface area contributed by atoms with Gasteiger partial charge in [0, 0.05) is 0 Å². The SMILES string of the molecule is [Ba+2].[Ni+2].[O-2].[O-2].[O-2].[O-2].[Ti+4]. The topological polar surface area (TPSA) is 114 Å². The molecule has 0 amide bonds. The van der Waals surface area contributed by atoms with Gasteiger partial charge < -0.3 is 21.9 Å². The maximum atomic E-state index is 0. The summed E-state index contributed by atoms with van der Waals surface area (Å²) in [6.45, 7) is 0. The van der Waals surface area contributed by atoms with Gasteiger partial charge in [0.15, 0.2) is 0 Å². The molecule has 0 atom stereocenters. The van der Waals surface area contributed by atoms with Crippen LogP contribution in [0, 0.1) is 0 Å². The van der Waals surface area contributed by atoms with Gasteiger partial charge in [-0.3, -0.25) is 0 Å². The second-order valence-electron chi connectivity index (χ2n) is 0. The molecule has 0 aliphatic rings. The summed E-state index contributed by atoms with van der Waals surface area (Å²) in [6, 6.07) is 0. The molecule has 0 radical (unpaired) electrons. The molecule has 0 aliphatic heterocycles. The maximum absolute atomic E-state index is 0. The molecule has 0 N–H and O–H groups in total. The predicted octanol–water partition coefficient (Wildman–Crippen LogP) is -0.861. The summed E-state index contributed by atoms with van der Waals surface area (Å²) in [5.41, 5.74) is 0. The monoisotopic (exact) mass is 308 g/mol. The molecular formula is BaNiO4Ti. The fraction of sp³-hybridized carbons (Fsp3) is 0. The minimum Gasteiger partial charge on any atom is -2.00 e. The molecule has 0 aromatic rings. The Morgan fingerprint density at radius 1 is 0.571 bits per heavy atom. The van der Waals surface area contributed by atoms with Gasteiger partial charge >= 0.3 is 87.1 Å². The standard InChI is InChI=1S/Ba.Ni.4O.Ti/q2*+2;4*-2;+4. The molecule has 0 bridgehead atoms. The van der Waals surface area contributed by atoms with E-state index in [0.29, 0.717) is 0 Å². The normalized spacial score (nSPS) is 0. The molecule has 0 spiro atoms.